The molecule has 1 unspecified atom stereocenters. The van der Waals surface area contributed by atoms with Gasteiger partial charge in [-0.15, -0.1) is 0 Å². The predicted octanol–water partition coefficient (Wildman–Crippen LogP) is 2.95. The molecule has 0 saturated heterocycles. The van der Waals surface area contributed by atoms with Crippen LogP contribution in [0.25, 0.3) is 0 Å². The summed E-state index contributed by atoms with van der Waals surface area (Å²) in [6.07, 6.45) is 5.03. The van der Waals surface area contributed by atoms with Crippen molar-refractivity contribution in [1.29, 1.82) is 0 Å². The SMILES string of the molecule is CC1(CNC2CCCC2(F)F)CCC1. The minimum Gasteiger partial charge on any atom is -0.308 e. The van der Waals surface area contributed by atoms with E-state index in [2.05, 4.69) is 12.2 Å². The van der Waals surface area contributed by atoms with Crippen LogP contribution in [0.1, 0.15) is 45.4 Å². The van der Waals surface area contributed by atoms with Crippen molar-refractivity contribution in [1.82, 2.24) is 5.32 Å². The van der Waals surface area contributed by atoms with E-state index in [-0.39, 0.29) is 6.42 Å². The van der Waals surface area contributed by atoms with Gasteiger partial charge in [0.25, 0.3) is 5.92 Å². The lowest BCUT2D eigenvalue weighted by Crippen LogP contribution is -2.47. The summed E-state index contributed by atoms with van der Waals surface area (Å²) in [7, 11) is 0. The molecule has 3 heteroatoms. The zero-order chi connectivity index (χ0) is 10.2. The molecule has 2 fully saturated rings. The Balaban J connectivity index is 1.80. The highest BCUT2D eigenvalue weighted by Crippen LogP contribution is 2.41. The molecule has 0 heterocycles. The molecule has 2 aliphatic carbocycles. The van der Waals surface area contributed by atoms with E-state index in [1.165, 1.54) is 19.3 Å². The second-order valence-corrected chi connectivity index (χ2v) is 5.25. The van der Waals surface area contributed by atoms with Crippen molar-refractivity contribution >= 4 is 0 Å². The topological polar surface area (TPSA) is 12.0 Å². The van der Waals surface area contributed by atoms with Crippen LogP contribution in [-0.4, -0.2) is 18.5 Å². The number of halogens is 2. The average molecular weight is 203 g/mol. The molecule has 0 bridgehead atoms. The van der Waals surface area contributed by atoms with E-state index >= 15 is 0 Å². The smallest absolute Gasteiger partial charge is 0.263 e. The second-order valence-electron chi connectivity index (χ2n) is 5.25. The fraction of sp³-hybridized carbons (Fsp3) is 1.00. The van der Waals surface area contributed by atoms with Gasteiger partial charge in [0.05, 0.1) is 6.04 Å². The van der Waals surface area contributed by atoms with Gasteiger partial charge >= 0.3 is 0 Å². The maximum atomic E-state index is 13.2. The maximum absolute atomic E-state index is 13.2. The van der Waals surface area contributed by atoms with Crippen LogP contribution in [0.2, 0.25) is 0 Å². The van der Waals surface area contributed by atoms with Crippen LogP contribution < -0.4 is 5.32 Å². The van der Waals surface area contributed by atoms with Crippen LogP contribution >= 0.6 is 0 Å². The number of alkyl halides is 2. The first-order chi connectivity index (χ1) is 6.52. The zero-order valence-corrected chi connectivity index (χ0v) is 8.78. The van der Waals surface area contributed by atoms with Crippen LogP contribution in [0.5, 0.6) is 0 Å². The number of hydrogen-bond acceptors (Lipinski definition) is 1. The highest BCUT2D eigenvalue weighted by molar-refractivity contribution is 4.93. The zero-order valence-electron chi connectivity index (χ0n) is 8.78. The third-order valence-electron chi connectivity index (χ3n) is 3.85. The molecule has 0 aliphatic heterocycles. The Bertz CT molecular complexity index is 211. The molecule has 14 heavy (non-hydrogen) atoms. The van der Waals surface area contributed by atoms with Crippen LogP contribution in [0.15, 0.2) is 0 Å². The van der Waals surface area contributed by atoms with Crippen molar-refractivity contribution in [3.63, 3.8) is 0 Å². The molecular formula is C11H19F2N. The summed E-state index contributed by atoms with van der Waals surface area (Å²) >= 11 is 0. The number of rotatable bonds is 3. The molecule has 1 nitrogen and oxygen atoms in total. The molecule has 2 rings (SSSR count). The summed E-state index contributed by atoms with van der Waals surface area (Å²) in [5, 5.41) is 3.06. The first-order valence-corrected chi connectivity index (χ1v) is 5.63. The van der Waals surface area contributed by atoms with Crippen molar-refractivity contribution in [2.45, 2.75) is 57.4 Å². The number of hydrogen-bond donors (Lipinski definition) is 1. The highest BCUT2D eigenvalue weighted by atomic mass is 19.3. The molecule has 0 aromatic rings. The molecule has 0 spiro atoms. The van der Waals surface area contributed by atoms with Crippen molar-refractivity contribution in [2.24, 2.45) is 5.41 Å². The fourth-order valence-corrected chi connectivity index (χ4v) is 2.51. The predicted molar refractivity (Wildman–Crippen MR) is 52.5 cm³/mol. The normalized spacial score (nSPS) is 34.1. The molecule has 2 saturated carbocycles. The minimum absolute atomic E-state index is 0.0708. The maximum Gasteiger partial charge on any atom is 0.263 e. The molecule has 0 aromatic carbocycles. The van der Waals surface area contributed by atoms with Gasteiger partial charge in [-0.2, -0.15) is 0 Å². The first kappa shape index (κ1) is 10.3. The summed E-state index contributed by atoms with van der Waals surface area (Å²) in [5.74, 6) is -2.46. The summed E-state index contributed by atoms with van der Waals surface area (Å²) in [5.41, 5.74) is 0.304. The molecule has 0 aromatic heterocycles. The van der Waals surface area contributed by atoms with E-state index in [9.17, 15) is 8.78 Å². The summed E-state index contributed by atoms with van der Waals surface area (Å²) in [6.45, 7) is 2.96. The Morgan fingerprint density at radius 1 is 1.21 bits per heavy atom. The standard InChI is InChI=1S/C11H19F2N/c1-10(5-3-6-10)8-14-9-4-2-7-11(9,12)13/h9,14H,2-8H2,1H3. The van der Waals surface area contributed by atoms with Gasteiger partial charge in [-0.25, -0.2) is 8.78 Å². The Labute approximate surface area is 84.3 Å². The molecular weight excluding hydrogens is 184 g/mol. The quantitative estimate of drug-likeness (QED) is 0.743. The highest BCUT2D eigenvalue weighted by Gasteiger charge is 2.44. The Morgan fingerprint density at radius 2 is 1.93 bits per heavy atom. The van der Waals surface area contributed by atoms with Gasteiger partial charge in [-0.05, 0) is 31.1 Å². The van der Waals surface area contributed by atoms with Crippen molar-refractivity contribution in [3.8, 4) is 0 Å². The second kappa shape index (κ2) is 3.44. The first-order valence-electron chi connectivity index (χ1n) is 5.63. The average Bonchev–Trinajstić information content (AvgIpc) is 2.38. The van der Waals surface area contributed by atoms with Crippen molar-refractivity contribution < 1.29 is 8.78 Å². The van der Waals surface area contributed by atoms with Crippen molar-refractivity contribution in [2.75, 3.05) is 6.54 Å². The van der Waals surface area contributed by atoms with E-state index in [0.29, 0.717) is 18.3 Å². The van der Waals surface area contributed by atoms with Gasteiger partial charge in [0.1, 0.15) is 0 Å². The van der Waals surface area contributed by atoms with Crippen molar-refractivity contribution in [3.05, 3.63) is 0 Å². The summed E-state index contributed by atoms with van der Waals surface area (Å²) in [4.78, 5) is 0. The van der Waals surface area contributed by atoms with Gasteiger partial charge < -0.3 is 5.32 Å². The lowest BCUT2D eigenvalue weighted by molar-refractivity contribution is -0.0228. The van der Waals surface area contributed by atoms with Crippen LogP contribution in [0, 0.1) is 5.41 Å². The Hall–Kier alpha value is -0.180. The third-order valence-corrected chi connectivity index (χ3v) is 3.85. The molecule has 1 atom stereocenters. The van der Waals surface area contributed by atoms with E-state index < -0.39 is 12.0 Å². The van der Waals surface area contributed by atoms with Crippen LogP contribution in [0.4, 0.5) is 8.78 Å². The van der Waals surface area contributed by atoms with E-state index in [1.54, 1.807) is 0 Å². The largest absolute Gasteiger partial charge is 0.308 e. The van der Waals surface area contributed by atoms with Gasteiger partial charge in [-0.1, -0.05) is 13.3 Å². The summed E-state index contributed by atoms with van der Waals surface area (Å²) < 4.78 is 26.5. The van der Waals surface area contributed by atoms with E-state index in [0.717, 1.165) is 6.54 Å². The minimum atomic E-state index is -2.46. The monoisotopic (exact) mass is 203 g/mol. The van der Waals surface area contributed by atoms with Gasteiger partial charge in [0.2, 0.25) is 0 Å². The molecule has 0 radical (unpaired) electrons. The lowest BCUT2D eigenvalue weighted by atomic mass is 9.70. The van der Waals surface area contributed by atoms with E-state index in [1.807, 2.05) is 0 Å². The molecule has 2 aliphatic rings. The number of nitrogens with one attached hydrogen (secondary N) is 1. The third kappa shape index (κ3) is 1.92. The van der Waals surface area contributed by atoms with Gasteiger partial charge in [-0.3, -0.25) is 0 Å². The fourth-order valence-electron chi connectivity index (χ4n) is 2.51. The van der Waals surface area contributed by atoms with Crippen LogP contribution in [0.3, 0.4) is 0 Å². The Morgan fingerprint density at radius 3 is 2.36 bits per heavy atom. The van der Waals surface area contributed by atoms with Gasteiger partial charge in [0.15, 0.2) is 0 Å². The van der Waals surface area contributed by atoms with E-state index in [4.69, 9.17) is 0 Å². The Kier molecular flexibility index (Phi) is 2.54. The summed E-state index contributed by atoms with van der Waals surface area (Å²) in [6, 6.07) is -0.556. The molecule has 82 valence electrons. The molecule has 1 N–H and O–H groups in total. The van der Waals surface area contributed by atoms with Gasteiger partial charge in [0, 0.05) is 13.0 Å². The van der Waals surface area contributed by atoms with Crippen LogP contribution in [-0.2, 0) is 0 Å². The lowest BCUT2D eigenvalue weighted by Gasteiger charge is -2.39. The molecule has 0 amide bonds.